The summed E-state index contributed by atoms with van der Waals surface area (Å²) in [6.45, 7) is 5.81. The van der Waals surface area contributed by atoms with Crippen LogP contribution in [0.3, 0.4) is 0 Å². The van der Waals surface area contributed by atoms with Crippen molar-refractivity contribution < 1.29 is 23.1 Å². The summed E-state index contributed by atoms with van der Waals surface area (Å²) in [5.74, 6) is 0. The van der Waals surface area contributed by atoms with E-state index in [1.54, 1.807) is 0 Å². The molecule has 0 saturated carbocycles. The standard InChI is InChI=1S/C12H21F3N2O2/c1-11(2,4-3-5-12(13,14)15)17-8-6-16(7-9-17)10(18)19/h3-9H2,1-2H3,(H,18,19). The molecule has 1 aliphatic rings. The zero-order valence-electron chi connectivity index (χ0n) is 11.3. The van der Waals surface area contributed by atoms with Crippen molar-refractivity contribution in [3.8, 4) is 0 Å². The molecule has 112 valence electrons. The lowest BCUT2D eigenvalue weighted by Crippen LogP contribution is -2.55. The van der Waals surface area contributed by atoms with Crippen LogP contribution in [0, 0.1) is 0 Å². The predicted octanol–water partition coefficient (Wildman–Crippen LogP) is 2.79. The van der Waals surface area contributed by atoms with Gasteiger partial charge < -0.3 is 10.0 Å². The van der Waals surface area contributed by atoms with Crippen LogP contribution in [0.15, 0.2) is 0 Å². The molecule has 0 spiro atoms. The van der Waals surface area contributed by atoms with Gasteiger partial charge in [-0.3, -0.25) is 4.90 Å². The van der Waals surface area contributed by atoms with E-state index in [9.17, 15) is 18.0 Å². The van der Waals surface area contributed by atoms with Crippen molar-refractivity contribution in [2.45, 2.75) is 44.8 Å². The molecule has 1 aliphatic heterocycles. The molecule has 1 saturated heterocycles. The molecule has 0 aromatic rings. The molecule has 0 unspecified atom stereocenters. The summed E-state index contributed by atoms with van der Waals surface area (Å²) < 4.78 is 36.4. The Kier molecular flexibility index (Phi) is 5.06. The summed E-state index contributed by atoms with van der Waals surface area (Å²) in [6.07, 6.45) is -5.23. The average Bonchev–Trinajstić information content (AvgIpc) is 2.27. The number of amides is 1. The Balaban J connectivity index is 2.39. The van der Waals surface area contributed by atoms with Gasteiger partial charge >= 0.3 is 12.3 Å². The van der Waals surface area contributed by atoms with E-state index >= 15 is 0 Å². The van der Waals surface area contributed by atoms with Crippen LogP contribution >= 0.6 is 0 Å². The van der Waals surface area contributed by atoms with E-state index in [-0.39, 0.29) is 12.0 Å². The highest BCUT2D eigenvalue weighted by Gasteiger charge is 2.33. The first-order valence-corrected chi connectivity index (χ1v) is 6.41. The van der Waals surface area contributed by atoms with E-state index < -0.39 is 18.7 Å². The number of hydrogen-bond donors (Lipinski definition) is 1. The lowest BCUT2D eigenvalue weighted by molar-refractivity contribution is -0.137. The van der Waals surface area contributed by atoms with Gasteiger partial charge in [0.05, 0.1) is 0 Å². The summed E-state index contributed by atoms with van der Waals surface area (Å²) in [7, 11) is 0. The molecule has 0 bridgehead atoms. The normalized spacial score (nSPS) is 18.7. The van der Waals surface area contributed by atoms with Gasteiger partial charge in [-0.15, -0.1) is 0 Å². The summed E-state index contributed by atoms with van der Waals surface area (Å²) in [4.78, 5) is 14.2. The number of rotatable bonds is 4. The number of piperazine rings is 1. The fourth-order valence-corrected chi connectivity index (χ4v) is 2.38. The maximum atomic E-state index is 12.1. The second-order valence-corrected chi connectivity index (χ2v) is 5.54. The van der Waals surface area contributed by atoms with Gasteiger partial charge in [-0.25, -0.2) is 4.79 Å². The van der Waals surface area contributed by atoms with Gasteiger partial charge in [0.1, 0.15) is 0 Å². The molecule has 19 heavy (non-hydrogen) atoms. The second kappa shape index (κ2) is 5.98. The third-order valence-corrected chi connectivity index (χ3v) is 3.66. The van der Waals surface area contributed by atoms with Gasteiger partial charge in [0, 0.05) is 38.1 Å². The topological polar surface area (TPSA) is 43.8 Å². The Hall–Kier alpha value is -0.980. The van der Waals surface area contributed by atoms with Crippen molar-refractivity contribution in [1.82, 2.24) is 9.80 Å². The Morgan fingerprint density at radius 3 is 2.05 bits per heavy atom. The van der Waals surface area contributed by atoms with Gasteiger partial charge in [0.2, 0.25) is 0 Å². The van der Waals surface area contributed by atoms with Gasteiger partial charge in [-0.2, -0.15) is 13.2 Å². The molecular formula is C12H21F3N2O2. The van der Waals surface area contributed by atoms with Gasteiger partial charge in [-0.1, -0.05) is 0 Å². The average molecular weight is 282 g/mol. The molecule has 0 atom stereocenters. The van der Waals surface area contributed by atoms with Crippen LogP contribution in [0.1, 0.15) is 33.1 Å². The number of nitrogens with zero attached hydrogens (tertiary/aromatic N) is 2. The molecule has 1 amide bonds. The molecule has 7 heteroatoms. The Morgan fingerprint density at radius 1 is 1.11 bits per heavy atom. The van der Waals surface area contributed by atoms with Gasteiger partial charge in [0.25, 0.3) is 0 Å². The Morgan fingerprint density at radius 2 is 1.63 bits per heavy atom. The number of carboxylic acid groups (broad SMARTS) is 1. The largest absolute Gasteiger partial charge is 0.465 e. The van der Waals surface area contributed by atoms with Crippen LogP contribution in [-0.4, -0.2) is 58.9 Å². The highest BCUT2D eigenvalue weighted by molar-refractivity contribution is 5.65. The van der Waals surface area contributed by atoms with Crippen LogP contribution in [0.25, 0.3) is 0 Å². The highest BCUT2D eigenvalue weighted by Crippen LogP contribution is 2.28. The maximum Gasteiger partial charge on any atom is 0.407 e. The first-order chi connectivity index (χ1) is 8.62. The minimum atomic E-state index is -4.10. The zero-order chi connectivity index (χ0) is 14.7. The molecule has 4 nitrogen and oxygen atoms in total. The van der Waals surface area contributed by atoms with Crippen molar-refractivity contribution in [2.24, 2.45) is 0 Å². The van der Waals surface area contributed by atoms with Gasteiger partial charge in [-0.05, 0) is 26.7 Å². The molecule has 0 aromatic heterocycles. The lowest BCUT2D eigenvalue weighted by Gasteiger charge is -2.43. The summed E-state index contributed by atoms with van der Waals surface area (Å²) >= 11 is 0. The van der Waals surface area contributed by atoms with Crippen LogP contribution < -0.4 is 0 Å². The zero-order valence-corrected chi connectivity index (χ0v) is 11.3. The first kappa shape index (κ1) is 16.1. The van der Waals surface area contributed by atoms with Crippen molar-refractivity contribution in [3.63, 3.8) is 0 Å². The van der Waals surface area contributed by atoms with E-state index in [2.05, 4.69) is 4.90 Å². The van der Waals surface area contributed by atoms with E-state index in [1.807, 2.05) is 13.8 Å². The van der Waals surface area contributed by atoms with E-state index in [0.29, 0.717) is 32.6 Å². The minimum Gasteiger partial charge on any atom is -0.465 e. The summed E-state index contributed by atoms with van der Waals surface area (Å²) in [6, 6.07) is 0. The SMILES string of the molecule is CC(C)(CCCC(F)(F)F)N1CCN(C(=O)O)CC1. The fourth-order valence-electron chi connectivity index (χ4n) is 2.38. The van der Waals surface area contributed by atoms with Crippen LogP contribution in [0.5, 0.6) is 0 Å². The Labute approximate surface area is 111 Å². The molecule has 1 heterocycles. The van der Waals surface area contributed by atoms with Crippen LogP contribution in [-0.2, 0) is 0 Å². The molecule has 0 aromatic carbocycles. The first-order valence-electron chi connectivity index (χ1n) is 6.41. The quantitative estimate of drug-likeness (QED) is 0.862. The Bertz CT molecular complexity index is 311. The van der Waals surface area contributed by atoms with Gasteiger partial charge in [0.15, 0.2) is 0 Å². The third kappa shape index (κ3) is 5.26. The summed E-state index contributed by atoms with van der Waals surface area (Å²) in [5, 5.41) is 8.84. The van der Waals surface area contributed by atoms with Crippen molar-refractivity contribution in [2.75, 3.05) is 26.2 Å². The predicted molar refractivity (Wildman–Crippen MR) is 65.2 cm³/mol. The molecule has 0 radical (unpaired) electrons. The number of alkyl halides is 3. The monoisotopic (exact) mass is 282 g/mol. The van der Waals surface area contributed by atoms with Crippen molar-refractivity contribution in [1.29, 1.82) is 0 Å². The highest BCUT2D eigenvalue weighted by atomic mass is 19.4. The van der Waals surface area contributed by atoms with E-state index in [4.69, 9.17) is 5.11 Å². The van der Waals surface area contributed by atoms with E-state index in [0.717, 1.165) is 0 Å². The number of carbonyl (C=O) groups is 1. The van der Waals surface area contributed by atoms with Crippen molar-refractivity contribution in [3.05, 3.63) is 0 Å². The second-order valence-electron chi connectivity index (χ2n) is 5.54. The number of halogens is 3. The minimum absolute atomic E-state index is 0.107. The molecule has 0 aliphatic carbocycles. The smallest absolute Gasteiger partial charge is 0.407 e. The molecular weight excluding hydrogens is 261 g/mol. The van der Waals surface area contributed by atoms with Crippen molar-refractivity contribution >= 4 is 6.09 Å². The lowest BCUT2D eigenvalue weighted by atomic mass is 9.94. The van der Waals surface area contributed by atoms with E-state index in [1.165, 1.54) is 4.90 Å². The molecule has 1 fully saturated rings. The van der Waals surface area contributed by atoms with Crippen LogP contribution in [0.4, 0.5) is 18.0 Å². The fraction of sp³-hybridized carbons (Fsp3) is 0.917. The maximum absolute atomic E-state index is 12.1. The van der Waals surface area contributed by atoms with Crippen LogP contribution in [0.2, 0.25) is 0 Å². The third-order valence-electron chi connectivity index (χ3n) is 3.66. The molecule has 1 N–H and O–H groups in total. The number of hydrogen-bond acceptors (Lipinski definition) is 2. The summed E-state index contributed by atoms with van der Waals surface area (Å²) in [5.41, 5.74) is -0.324. The molecule has 1 rings (SSSR count).